The molecule has 1 rings (SSSR count). The van der Waals surface area contributed by atoms with Gasteiger partial charge in [-0.2, -0.15) is 5.10 Å². The number of aliphatic hydroxyl groups is 1. The Hall–Kier alpha value is -0.830. The van der Waals surface area contributed by atoms with E-state index in [-0.39, 0.29) is 0 Å². The van der Waals surface area contributed by atoms with Gasteiger partial charge in [-0.15, -0.1) is 0 Å². The molecular weight excluding hydrogens is 116 g/mol. The van der Waals surface area contributed by atoms with E-state index in [2.05, 4.69) is 10.2 Å². The molecule has 0 fully saturated rings. The van der Waals surface area contributed by atoms with E-state index in [4.69, 9.17) is 5.11 Å². The number of hydrogen-bond donors (Lipinski definition) is 2. The predicted molar refractivity (Wildman–Crippen MR) is 36.2 cm³/mol. The average molecular weight is 128 g/mol. The van der Waals surface area contributed by atoms with Crippen molar-refractivity contribution >= 4 is 0 Å². The predicted octanol–water partition coefficient (Wildman–Crippen LogP) is 0.635. The molecule has 52 valence electrons. The fraction of sp³-hybridized carbons (Fsp3) is 0.500. The van der Waals surface area contributed by atoms with Crippen LogP contribution in [0.2, 0.25) is 0 Å². The molecule has 0 bridgehead atoms. The maximum absolute atomic E-state index is 7.00. The summed E-state index contributed by atoms with van der Waals surface area (Å²) in [6.45, 7) is 4.03. The van der Waals surface area contributed by atoms with Crippen LogP contribution in [0.3, 0.4) is 0 Å². The Labute approximate surface area is 54.7 Å². The van der Waals surface area contributed by atoms with E-state index in [0.717, 1.165) is 12.8 Å². The minimum absolute atomic E-state index is 1.00. The number of nitrogens with one attached hydrogen (secondary N) is 1. The van der Waals surface area contributed by atoms with Gasteiger partial charge in [0.2, 0.25) is 0 Å². The van der Waals surface area contributed by atoms with Gasteiger partial charge in [-0.3, -0.25) is 5.10 Å². The molecule has 0 radical (unpaired) electrons. The first kappa shape index (κ1) is 8.17. The van der Waals surface area contributed by atoms with Gasteiger partial charge in [-0.05, 0) is 19.4 Å². The van der Waals surface area contributed by atoms with Crippen molar-refractivity contribution in [2.24, 2.45) is 0 Å². The topological polar surface area (TPSA) is 48.9 Å². The minimum atomic E-state index is 1.00. The fourth-order valence-corrected chi connectivity index (χ4v) is 0.411. The Bertz CT molecular complexity index is 143. The van der Waals surface area contributed by atoms with E-state index in [0.29, 0.717) is 0 Å². The van der Waals surface area contributed by atoms with Gasteiger partial charge in [0.05, 0.1) is 6.20 Å². The molecule has 2 N–H and O–H groups in total. The molecule has 0 aliphatic rings. The Kier molecular flexibility index (Phi) is 3.71. The molecule has 1 aromatic heterocycles. The lowest BCUT2D eigenvalue weighted by Crippen LogP contribution is -1.70. The van der Waals surface area contributed by atoms with Crippen molar-refractivity contribution in [3.05, 3.63) is 17.5 Å². The lowest BCUT2D eigenvalue weighted by molar-refractivity contribution is 0.399. The maximum Gasteiger partial charge on any atom is 0.0519 e. The highest BCUT2D eigenvalue weighted by Crippen LogP contribution is 1.96. The van der Waals surface area contributed by atoms with E-state index < -0.39 is 0 Å². The van der Waals surface area contributed by atoms with Crippen LogP contribution in [0.4, 0.5) is 0 Å². The maximum atomic E-state index is 7.00. The highest BCUT2D eigenvalue weighted by molar-refractivity contribution is 5.10. The van der Waals surface area contributed by atoms with Gasteiger partial charge >= 0.3 is 0 Å². The van der Waals surface area contributed by atoms with Gasteiger partial charge < -0.3 is 5.11 Å². The molecule has 0 aliphatic heterocycles. The molecule has 0 atom stereocenters. The lowest BCUT2D eigenvalue weighted by Gasteiger charge is -1.78. The van der Waals surface area contributed by atoms with Crippen LogP contribution in [0.15, 0.2) is 6.20 Å². The largest absolute Gasteiger partial charge is 0.400 e. The van der Waals surface area contributed by atoms with Gasteiger partial charge in [0.1, 0.15) is 0 Å². The number of nitrogens with zero attached hydrogens (tertiary/aromatic N) is 1. The summed E-state index contributed by atoms with van der Waals surface area (Å²) in [5.41, 5.74) is 2.38. The number of H-pyrrole nitrogens is 1. The zero-order valence-corrected chi connectivity index (χ0v) is 5.97. The second kappa shape index (κ2) is 4.09. The Morgan fingerprint density at radius 3 is 2.11 bits per heavy atom. The normalized spacial score (nSPS) is 8.00. The van der Waals surface area contributed by atoms with E-state index in [1.54, 1.807) is 0 Å². The van der Waals surface area contributed by atoms with Crippen LogP contribution >= 0.6 is 0 Å². The second-order valence-corrected chi connectivity index (χ2v) is 1.68. The van der Waals surface area contributed by atoms with Crippen molar-refractivity contribution in [3.63, 3.8) is 0 Å². The zero-order chi connectivity index (χ0) is 7.28. The van der Waals surface area contributed by atoms with Crippen LogP contribution in [0.25, 0.3) is 0 Å². The molecular formula is C6H12N2O. The first-order chi connectivity index (χ1) is 4.30. The molecule has 0 spiro atoms. The Morgan fingerprint density at radius 1 is 1.44 bits per heavy atom. The summed E-state index contributed by atoms with van der Waals surface area (Å²) in [7, 11) is 1.00. The first-order valence-corrected chi connectivity index (χ1v) is 2.72. The van der Waals surface area contributed by atoms with Gasteiger partial charge in [-0.1, -0.05) is 0 Å². The molecule has 0 aromatic carbocycles. The van der Waals surface area contributed by atoms with Crippen LogP contribution < -0.4 is 0 Å². The zero-order valence-electron chi connectivity index (χ0n) is 5.97. The Morgan fingerprint density at radius 2 is 2.00 bits per heavy atom. The van der Waals surface area contributed by atoms with Crippen LogP contribution in [-0.4, -0.2) is 22.4 Å². The first-order valence-electron chi connectivity index (χ1n) is 2.72. The third-order valence-electron chi connectivity index (χ3n) is 1.08. The summed E-state index contributed by atoms with van der Waals surface area (Å²) in [4.78, 5) is 0. The van der Waals surface area contributed by atoms with E-state index in [1.165, 1.54) is 5.56 Å². The molecule has 0 unspecified atom stereocenters. The second-order valence-electron chi connectivity index (χ2n) is 1.68. The summed E-state index contributed by atoms with van der Waals surface area (Å²) in [5.74, 6) is 0. The average Bonchev–Trinajstić information content (AvgIpc) is 2.23. The lowest BCUT2D eigenvalue weighted by atomic mass is 10.3. The van der Waals surface area contributed by atoms with Crippen LogP contribution in [0.1, 0.15) is 11.3 Å². The molecule has 0 aliphatic carbocycles. The Balaban J connectivity index is 0.000000291. The van der Waals surface area contributed by atoms with Gasteiger partial charge in [0.25, 0.3) is 0 Å². The summed E-state index contributed by atoms with van der Waals surface area (Å²) >= 11 is 0. The molecule has 0 saturated heterocycles. The van der Waals surface area contributed by atoms with Crippen molar-refractivity contribution in [1.82, 2.24) is 10.2 Å². The van der Waals surface area contributed by atoms with Crippen molar-refractivity contribution in [3.8, 4) is 0 Å². The molecule has 1 heterocycles. The molecule has 0 amide bonds. The van der Waals surface area contributed by atoms with Crippen molar-refractivity contribution in [2.75, 3.05) is 7.11 Å². The van der Waals surface area contributed by atoms with Gasteiger partial charge in [0.15, 0.2) is 0 Å². The summed E-state index contributed by atoms with van der Waals surface area (Å²) in [6, 6.07) is 0. The van der Waals surface area contributed by atoms with Gasteiger partial charge in [0, 0.05) is 12.8 Å². The van der Waals surface area contributed by atoms with Crippen molar-refractivity contribution in [1.29, 1.82) is 0 Å². The number of aryl methyl sites for hydroxylation is 2. The molecule has 3 heteroatoms. The summed E-state index contributed by atoms with van der Waals surface area (Å²) < 4.78 is 0. The number of aromatic nitrogens is 2. The molecule has 3 nitrogen and oxygen atoms in total. The fourth-order valence-electron chi connectivity index (χ4n) is 0.411. The highest BCUT2D eigenvalue weighted by atomic mass is 16.2. The standard InChI is InChI=1S/C5H8N2.CH4O/c1-4-3-6-7-5(4)2;1-2/h3H,1-2H3,(H,6,7);2H,1H3. The molecule has 0 saturated carbocycles. The summed E-state index contributed by atoms with van der Waals surface area (Å²) in [5, 5.41) is 13.6. The highest BCUT2D eigenvalue weighted by Gasteiger charge is 1.87. The van der Waals surface area contributed by atoms with Crippen molar-refractivity contribution in [2.45, 2.75) is 13.8 Å². The monoisotopic (exact) mass is 128 g/mol. The van der Waals surface area contributed by atoms with Crippen LogP contribution in [0, 0.1) is 13.8 Å². The number of rotatable bonds is 0. The number of aromatic amines is 1. The minimum Gasteiger partial charge on any atom is -0.400 e. The third kappa shape index (κ3) is 2.28. The molecule has 1 aromatic rings. The van der Waals surface area contributed by atoms with Crippen LogP contribution in [0.5, 0.6) is 0 Å². The number of aliphatic hydroxyl groups excluding tert-OH is 1. The molecule has 9 heavy (non-hydrogen) atoms. The third-order valence-corrected chi connectivity index (χ3v) is 1.08. The van der Waals surface area contributed by atoms with Gasteiger partial charge in [-0.25, -0.2) is 0 Å². The SMILES string of the molecule is CO.Cc1cn[nH]c1C. The van der Waals surface area contributed by atoms with E-state index in [9.17, 15) is 0 Å². The number of hydrogen-bond acceptors (Lipinski definition) is 2. The van der Waals surface area contributed by atoms with E-state index >= 15 is 0 Å². The van der Waals surface area contributed by atoms with Crippen molar-refractivity contribution < 1.29 is 5.11 Å². The van der Waals surface area contributed by atoms with Crippen LogP contribution in [-0.2, 0) is 0 Å². The van der Waals surface area contributed by atoms with E-state index in [1.807, 2.05) is 20.0 Å². The quantitative estimate of drug-likeness (QED) is 0.538. The smallest absolute Gasteiger partial charge is 0.0519 e. The summed E-state index contributed by atoms with van der Waals surface area (Å²) in [6.07, 6.45) is 1.81.